The summed E-state index contributed by atoms with van der Waals surface area (Å²) < 4.78 is 0. The number of carbonyl (C=O) groups excluding carboxylic acids is 1. The molecule has 1 aromatic carbocycles. The van der Waals surface area contributed by atoms with E-state index in [9.17, 15) is 4.79 Å². The monoisotopic (exact) mass is 221 g/mol. The van der Waals surface area contributed by atoms with E-state index in [-0.39, 0.29) is 5.91 Å². The van der Waals surface area contributed by atoms with Crippen molar-refractivity contribution in [3.63, 3.8) is 0 Å². The van der Waals surface area contributed by atoms with Crippen molar-refractivity contribution >= 4 is 5.91 Å². The summed E-state index contributed by atoms with van der Waals surface area (Å²) in [4.78, 5) is 11.3. The molecule has 0 aromatic heterocycles. The first-order valence-corrected chi connectivity index (χ1v) is 5.51. The Morgan fingerprint density at radius 1 is 1.12 bits per heavy atom. The Morgan fingerprint density at radius 3 is 2.31 bits per heavy atom. The fourth-order valence-electron chi connectivity index (χ4n) is 1.34. The second-order valence-corrected chi connectivity index (χ2v) is 3.69. The molecule has 0 saturated heterocycles. The third-order valence-electron chi connectivity index (χ3n) is 2.36. The van der Waals surface area contributed by atoms with Crippen LogP contribution in [0, 0.1) is 0 Å². The summed E-state index contributed by atoms with van der Waals surface area (Å²) in [5.41, 5.74) is 13.0. The summed E-state index contributed by atoms with van der Waals surface area (Å²) in [5, 5.41) is 2.85. The zero-order chi connectivity index (χ0) is 11.8. The average Bonchev–Trinajstić information content (AvgIpc) is 2.34. The summed E-state index contributed by atoms with van der Waals surface area (Å²) in [5.74, 6) is 0.0494. The minimum atomic E-state index is 0.0494. The Labute approximate surface area is 96.0 Å². The van der Waals surface area contributed by atoms with Crippen molar-refractivity contribution in [1.82, 2.24) is 5.32 Å². The summed E-state index contributed by atoms with van der Waals surface area (Å²) in [6, 6.07) is 7.90. The third-order valence-corrected chi connectivity index (χ3v) is 2.36. The molecule has 1 aromatic rings. The Bertz CT molecular complexity index is 322. The Morgan fingerprint density at radius 2 is 1.75 bits per heavy atom. The summed E-state index contributed by atoms with van der Waals surface area (Å²) in [7, 11) is 0. The van der Waals surface area contributed by atoms with Crippen molar-refractivity contribution in [3.05, 3.63) is 35.4 Å². The van der Waals surface area contributed by atoms with Crippen LogP contribution in [0.15, 0.2) is 24.3 Å². The van der Waals surface area contributed by atoms with Gasteiger partial charge in [0.25, 0.3) is 0 Å². The zero-order valence-corrected chi connectivity index (χ0v) is 9.41. The van der Waals surface area contributed by atoms with Gasteiger partial charge in [-0.25, -0.2) is 0 Å². The highest BCUT2D eigenvalue weighted by molar-refractivity contribution is 5.75. The minimum absolute atomic E-state index is 0.0494. The van der Waals surface area contributed by atoms with Crippen LogP contribution in [0.4, 0.5) is 0 Å². The van der Waals surface area contributed by atoms with Gasteiger partial charge in [0.05, 0.1) is 0 Å². The summed E-state index contributed by atoms with van der Waals surface area (Å²) >= 11 is 0. The number of hydrogen-bond acceptors (Lipinski definition) is 3. The number of rotatable bonds is 6. The largest absolute Gasteiger partial charge is 0.352 e. The maximum atomic E-state index is 11.3. The van der Waals surface area contributed by atoms with Crippen LogP contribution in [0.25, 0.3) is 0 Å². The van der Waals surface area contributed by atoms with Crippen molar-refractivity contribution in [2.75, 3.05) is 6.54 Å². The van der Waals surface area contributed by atoms with Crippen LogP contribution < -0.4 is 16.8 Å². The quantitative estimate of drug-likeness (QED) is 0.654. The van der Waals surface area contributed by atoms with Crippen LogP contribution in [0.5, 0.6) is 0 Å². The Hall–Kier alpha value is -1.39. The number of hydrogen-bond donors (Lipinski definition) is 3. The lowest BCUT2D eigenvalue weighted by molar-refractivity contribution is -0.121. The van der Waals surface area contributed by atoms with Gasteiger partial charge in [-0.3, -0.25) is 4.79 Å². The van der Waals surface area contributed by atoms with E-state index < -0.39 is 0 Å². The lowest BCUT2D eigenvalue weighted by Crippen LogP contribution is -2.23. The standard InChI is InChI=1S/C12H19N3O/c13-7-1-2-12(16)15-9-11-5-3-10(8-14)4-6-11/h3-6H,1-2,7-9,13-14H2,(H,15,16). The van der Waals surface area contributed by atoms with Gasteiger partial charge in [0.15, 0.2) is 0 Å². The van der Waals surface area contributed by atoms with E-state index in [2.05, 4.69) is 5.32 Å². The Kier molecular flexibility index (Phi) is 5.53. The van der Waals surface area contributed by atoms with Gasteiger partial charge in [0.2, 0.25) is 5.91 Å². The average molecular weight is 221 g/mol. The summed E-state index contributed by atoms with van der Waals surface area (Å²) in [6.07, 6.45) is 1.23. The molecule has 16 heavy (non-hydrogen) atoms. The molecule has 1 amide bonds. The second-order valence-electron chi connectivity index (χ2n) is 3.69. The number of nitrogens with one attached hydrogen (secondary N) is 1. The van der Waals surface area contributed by atoms with Crippen molar-refractivity contribution < 1.29 is 4.79 Å². The molecule has 1 rings (SSSR count). The predicted molar refractivity (Wildman–Crippen MR) is 64.5 cm³/mol. The first-order valence-electron chi connectivity index (χ1n) is 5.51. The molecule has 5 N–H and O–H groups in total. The molecule has 0 spiro atoms. The molecule has 0 aliphatic rings. The smallest absolute Gasteiger partial charge is 0.220 e. The van der Waals surface area contributed by atoms with Gasteiger partial charge in [-0.05, 0) is 24.1 Å². The molecule has 4 nitrogen and oxygen atoms in total. The summed E-state index contributed by atoms with van der Waals surface area (Å²) in [6.45, 7) is 1.66. The molecule has 0 saturated carbocycles. The molecule has 4 heteroatoms. The highest BCUT2D eigenvalue weighted by atomic mass is 16.1. The molecule has 0 heterocycles. The molecule has 0 unspecified atom stereocenters. The minimum Gasteiger partial charge on any atom is -0.352 e. The molecule has 0 radical (unpaired) electrons. The lowest BCUT2D eigenvalue weighted by Gasteiger charge is -2.05. The van der Waals surface area contributed by atoms with Crippen LogP contribution in [0.3, 0.4) is 0 Å². The van der Waals surface area contributed by atoms with Crippen molar-refractivity contribution in [2.24, 2.45) is 11.5 Å². The number of carbonyl (C=O) groups is 1. The van der Waals surface area contributed by atoms with E-state index in [1.807, 2.05) is 24.3 Å². The zero-order valence-electron chi connectivity index (χ0n) is 9.41. The topological polar surface area (TPSA) is 81.1 Å². The first kappa shape index (κ1) is 12.7. The van der Waals surface area contributed by atoms with Crippen LogP contribution in [0.2, 0.25) is 0 Å². The number of amides is 1. The maximum Gasteiger partial charge on any atom is 0.220 e. The van der Waals surface area contributed by atoms with Crippen LogP contribution in [0.1, 0.15) is 24.0 Å². The van der Waals surface area contributed by atoms with Crippen molar-refractivity contribution in [3.8, 4) is 0 Å². The lowest BCUT2D eigenvalue weighted by atomic mass is 10.1. The third kappa shape index (κ3) is 4.42. The van der Waals surface area contributed by atoms with Crippen LogP contribution in [-0.2, 0) is 17.9 Å². The van der Waals surface area contributed by atoms with E-state index >= 15 is 0 Å². The van der Waals surface area contributed by atoms with E-state index in [1.165, 1.54) is 0 Å². The fourth-order valence-corrected chi connectivity index (χ4v) is 1.34. The maximum absolute atomic E-state index is 11.3. The molecular weight excluding hydrogens is 202 g/mol. The van der Waals surface area contributed by atoms with Crippen LogP contribution >= 0.6 is 0 Å². The van der Waals surface area contributed by atoms with E-state index in [0.717, 1.165) is 17.5 Å². The van der Waals surface area contributed by atoms with Crippen molar-refractivity contribution in [1.29, 1.82) is 0 Å². The second kappa shape index (κ2) is 6.98. The Balaban J connectivity index is 2.33. The highest BCUT2D eigenvalue weighted by Gasteiger charge is 2.00. The van der Waals surface area contributed by atoms with Crippen LogP contribution in [-0.4, -0.2) is 12.5 Å². The normalized spacial score (nSPS) is 10.1. The molecular formula is C12H19N3O. The van der Waals surface area contributed by atoms with Gasteiger partial charge >= 0.3 is 0 Å². The van der Waals surface area contributed by atoms with Gasteiger partial charge in [0, 0.05) is 19.5 Å². The van der Waals surface area contributed by atoms with E-state index in [0.29, 0.717) is 26.1 Å². The number of nitrogens with two attached hydrogens (primary N) is 2. The van der Waals surface area contributed by atoms with Gasteiger partial charge in [-0.2, -0.15) is 0 Å². The molecule has 88 valence electrons. The fraction of sp³-hybridized carbons (Fsp3) is 0.417. The van der Waals surface area contributed by atoms with Gasteiger partial charge in [-0.15, -0.1) is 0 Å². The molecule has 0 aliphatic carbocycles. The van der Waals surface area contributed by atoms with Crippen molar-refractivity contribution in [2.45, 2.75) is 25.9 Å². The predicted octanol–water partition coefficient (Wildman–Crippen LogP) is 0.500. The van der Waals surface area contributed by atoms with Gasteiger partial charge in [0.1, 0.15) is 0 Å². The first-order chi connectivity index (χ1) is 7.76. The van der Waals surface area contributed by atoms with E-state index in [1.54, 1.807) is 0 Å². The van der Waals surface area contributed by atoms with Gasteiger partial charge in [-0.1, -0.05) is 24.3 Å². The molecule has 0 fully saturated rings. The number of benzene rings is 1. The van der Waals surface area contributed by atoms with E-state index in [4.69, 9.17) is 11.5 Å². The SMILES string of the molecule is NCCCC(=O)NCc1ccc(CN)cc1. The van der Waals surface area contributed by atoms with Gasteiger partial charge < -0.3 is 16.8 Å². The molecule has 0 aliphatic heterocycles. The molecule has 0 atom stereocenters. The highest BCUT2D eigenvalue weighted by Crippen LogP contribution is 2.03. The molecule has 0 bridgehead atoms.